The fourth-order valence-corrected chi connectivity index (χ4v) is 8.37. The maximum atomic E-state index is 13.8. The summed E-state index contributed by atoms with van der Waals surface area (Å²) >= 11 is 0. The summed E-state index contributed by atoms with van der Waals surface area (Å²) in [6.45, 7) is 12.9. The van der Waals surface area contributed by atoms with Crippen LogP contribution in [0.3, 0.4) is 0 Å². The topological polar surface area (TPSA) is 142 Å². The second-order valence-electron chi connectivity index (χ2n) is 16.6. The molecule has 3 aromatic heterocycles. The van der Waals surface area contributed by atoms with Gasteiger partial charge < -0.3 is 25.0 Å². The highest BCUT2D eigenvalue weighted by molar-refractivity contribution is 5.89. The molecule has 1 unspecified atom stereocenters. The molecule has 13 nitrogen and oxygen atoms in total. The number of nitrogens with zero attached hydrogens (tertiary/aromatic N) is 7. The van der Waals surface area contributed by atoms with Crippen LogP contribution in [0.2, 0.25) is 0 Å². The molecule has 0 radical (unpaired) electrons. The van der Waals surface area contributed by atoms with Crippen molar-refractivity contribution in [1.29, 1.82) is 0 Å². The average Bonchev–Trinajstić information content (AvgIpc) is 3.84. The quantitative estimate of drug-likeness (QED) is 0.127. The monoisotopic (exact) mass is 775 g/mol. The Hall–Kier alpha value is -5.43. The molecule has 0 bridgehead atoms. The maximum absolute atomic E-state index is 13.8. The number of urea groups is 1. The number of likely N-dealkylation sites (tertiary alicyclic amines) is 1. The lowest BCUT2D eigenvalue weighted by atomic mass is 9.85. The standard InChI is InChI=1S/C43H55N9O2.CH2O2/c1-30-13-8-11-25-50(30)42-47-46-39-21-18-33(29-51(39)42)54-37-20-19-36(34-16-6-7-17-35(34)37)44-41(53)45-40-28-38(43(2,3)4)48-52(40)32-15-12-14-31(27-32)22-26-49-23-9-5-10-24-49;2-1-3/h6-7,12,14-18,21,27-30,36-37H,5,8-11,13,19-20,22-26H2,1-4H3,(H2,44,45,53);1H,(H,2,3)/t30?,36-,37+;/m0./s1. The second kappa shape index (κ2) is 17.8. The predicted octanol–water partition coefficient (Wildman–Crippen LogP) is 8.10. The number of carbonyl (C=O) groups excluding carboxylic acids is 1. The van der Waals surface area contributed by atoms with E-state index in [0.29, 0.717) is 11.9 Å². The SMILES string of the molecule is CC1CCCCN1c1nnc2ccc(O[C@@H]3CC[C@H](NC(=O)Nc4cc(C(C)(C)C)nn4-c4cccc(CCN5CCCCC5)c4)c4ccccc43)cn12.O=CO. The van der Waals surface area contributed by atoms with Gasteiger partial charge in [-0.05, 0) is 112 Å². The van der Waals surface area contributed by atoms with E-state index in [-0.39, 0.29) is 30.1 Å². The summed E-state index contributed by atoms with van der Waals surface area (Å²) in [5, 5.41) is 27.4. The molecule has 2 aliphatic heterocycles. The molecule has 3 N–H and O–H groups in total. The number of piperidine rings is 2. The molecule has 0 saturated carbocycles. The molecular weight excluding hydrogens is 719 g/mol. The highest BCUT2D eigenvalue weighted by atomic mass is 16.5. The third-order valence-electron chi connectivity index (χ3n) is 11.5. The Balaban J connectivity index is 0.00000160. The van der Waals surface area contributed by atoms with Gasteiger partial charge in [0.15, 0.2) is 5.65 Å². The van der Waals surface area contributed by atoms with Crippen LogP contribution in [-0.4, -0.2) is 79.1 Å². The van der Waals surface area contributed by atoms with Gasteiger partial charge in [-0.1, -0.05) is 63.6 Å². The van der Waals surface area contributed by atoms with Gasteiger partial charge >= 0.3 is 6.03 Å². The van der Waals surface area contributed by atoms with Gasteiger partial charge in [0.2, 0.25) is 5.95 Å². The maximum Gasteiger partial charge on any atom is 0.320 e. The molecule has 8 rings (SSSR count). The van der Waals surface area contributed by atoms with Gasteiger partial charge in [-0.15, -0.1) is 10.2 Å². The van der Waals surface area contributed by atoms with E-state index in [1.165, 1.54) is 44.3 Å². The van der Waals surface area contributed by atoms with E-state index in [2.05, 4.69) is 99.1 Å². The summed E-state index contributed by atoms with van der Waals surface area (Å²) in [5.74, 6) is 2.30. The van der Waals surface area contributed by atoms with Gasteiger partial charge in [0.25, 0.3) is 6.47 Å². The number of benzene rings is 2. The predicted molar refractivity (Wildman–Crippen MR) is 223 cm³/mol. The van der Waals surface area contributed by atoms with Crippen LogP contribution in [0.1, 0.15) is 114 Å². The van der Waals surface area contributed by atoms with Crippen molar-refractivity contribution in [3.05, 3.63) is 95.3 Å². The van der Waals surface area contributed by atoms with Crippen molar-refractivity contribution in [3.63, 3.8) is 0 Å². The van der Waals surface area contributed by atoms with Gasteiger partial charge in [0, 0.05) is 30.6 Å². The molecule has 5 aromatic rings. The van der Waals surface area contributed by atoms with Crippen LogP contribution < -0.4 is 20.3 Å². The number of pyridine rings is 1. The molecule has 3 aliphatic rings. The van der Waals surface area contributed by atoms with E-state index in [4.69, 9.17) is 19.7 Å². The molecule has 57 heavy (non-hydrogen) atoms. The Kier molecular flexibility index (Phi) is 12.4. The molecule has 1 aliphatic carbocycles. The molecule has 0 spiro atoms. The van der Waals surface area contributed by atoms with Crippen molar-refractivity contribution in [2.75, 3.05) is 36.4 Å². The largest absolute Gasteiger partial charge is 0.484 e. The Morgan fingerprint density at radius 1 is 0.912 bits per heavy atom. The van der Waals surface area contributed by atoms with Crippen molar-refractivity contribution in [3.8, 4) is 11.4 Å². The van der Waals surface area contributed by atoms with Crippen molar-refractivity contribution in [1.82, 2.24) is 34.6 Å². The Labute approximate surface area is 335 Å². The first-order valence-electron chi connectivity index (χ1n) is 20.6. The van der Waals surface area contributed by atoms with Gasteiger partial charge in [0.1, 0.15) is 17.7 Å². The van der Waals surface area contributed by atoms with E-state index < -0.39 is 0 Å². The van der Waals surface area contributed by atoms with Crippen LogP contribution in [0.15, 0.2) is 72.9 Å². The Bertz CT molecular complexity index is 2130. The third-order valence-corrected chi connectivity index (χ3v) is 11.5. The Morgan fingerprint density at radius 2 is 1.68 bits per heavy atom. The van der Waals surface area contributed by atoms with Crippen LogP contribution in [-0.2, 0) is 16.6 Å². The summed E-state index contributed by atoms with van der Waals surface area (Å²) in [7, 11) is 0. The van der Waals surface area contributed by atoms with E-state index in [9.17, 15) is 4.79 Å². The number of amides is 2. The van der Waals surface area contributed by atoms with E-state index in [1.54, 1.807) is 0 Å². The minimum Gasteiger partial charge on any atom is -0.484 e. The number of anilines is 2. The summed E-state index contributed by atoms with van der Waals surface area (Å²) in [5.41, 5.74) is 5.92. The van der Waals surface area contributed by atoms with Gasteiger partial charge in [0.05, 0.1) is 23.6 Å². The van der Waals surface area contributed by atoms with Crippen LogP contribution in [0.5, 0.6) is 5.75 Å². The molecule has 13 heteroatoms. The van der Waals surface area contributed by atoms with Crippen molar-refractivity contribution < 1.29 is 19.4 Å². The summed E-state index contributed by atoms with van der Waals surface area (Å²) in [6.07, 6.45) is 11.9. The van der Waals surface area contributed by atoms with Crippen molar-refractivity contribution >= 4 is 29.9 Å². The lowest BCUT2D eigenvalue weighted by Gasteiger charge is -2.33. The zero-order valence-electron chi connectivity index (χ0n) is 33.7. The fraction of sp³-hybridized carbons (Fsp3) is 0.477. The molecule has 3 atom stereocenters. The first-order chi connectivity index (χ1) is 27.6. The molecule has 2 saturated heterocycles. The van der Waals surface area contributed by atoms with Crippen LogP contribution in [0.25, 0.3) is 11.3 Å². The fourth-order valence-electron chi connectivity index (χ4n) is 8.37. The van der Waals surface area contributed by atoms with Crippen LogP contribution in [0.4, 0.5) is 16.6 Å². The minimum absolute atomic E-state index is 0.147. The average molecular weight is 776 g/mol. The smallest absolute Gasteiger partial charge is 0.320 e. The van der Waals surface area contributed by atoms with Crippen molar-refractivity contribution in [2.45, 2.75) is 109 Å². The van der Waals surface area contributed by atoms with Gasteiger partial charge in [-0.25, -0.2) is 9.48 Å². The Morgan fingerprint density at radius 3 is 2.46 bits per heavy atom. The highest BCUT2D eigenvalue weighted by Gasteiger charge is 2.31. The normalized spacial score (nSPS) is 19.9. The highest BCUT2D eigenvalue weighted by Crippen LogP contribution is 2.39. The number of fused-ring (bicyclic) bond motifs is 2. The third kappa shape index (κ3) is 9.41. The number of hydrogen-bond acceptors (Lipinski definition) is 8. The first kappa shape index (κ1) is 39.8. The summed E-state index contributed by atoms with van der Waals surface area (Å²) in [6, 6.07) is 22.8. The molecule has 5 heterocycles. The first-order valence-corrected chi connectivity index (χ1v) is 20.6. The summed E-state index contributed by atoms with van der Waals surface area (Å²) in [4.78, 5) is 27.1. The molecule has 2 aromatic carbocycles. The number of ether oxygens (including phenoxy) is 1. The second-order valence-corrected chi connectivity index (χ2v) is 16.6. The number of carbonyl (C=O) groups is 2. The van der Waals surface area contributed by atoms with Gasteiger partial charge in [-0.2, -0.15) is 5.10 Å². The molecular formula is C44H57N9O4. The molecule has 2 amide bonds. The number of aromatic nitrogens is 5. The van der Waals surface area contributed by atoms with Crippen molar-refractivity contribution in [2.24, 2.45) is 0 Å². The van der Waals surface area contributed by atoms with Gasteiger partial charge in [-0.3, -0.25) is 14.5 Å². The van der Waals surface area contributed by atoms with E-state index >= 15 is 0 Å². The zero-order valence-corrected chi connectivity index (χ0v) is 33.7. The van der Waals surface area contributed by atoms with E-state index in [0.717, 1.165) is 85.0 Å². The number of hydrogen-bond donors (Lipinski definition) is 3. The number of carboxylic acid groups (broad SMARTS) is 1. The number of nitrogens with one attached hydrogen (secondary N) is 2. The lowest BCUT2D eigenvalue weighted by Crippen LogP contribution is -2.38. The minimum atomic E-state index is -0.255. The number of rotatable bonds is 9. The summed E-state index contributed by atoms with van der Waals surface area (Å²) < 4.78 is 10.6. The lowest BCUT2D eigenvalue weighted by molar-refractivity contribution is -0.122. The molecule has 2 fully saturated rings. The zero-order chi connectivity index (χ0) is 39.9. The van der Waals surface area contributed by atoms with Crippen LogP contribution >= 0.6 is 0 Å². The van der Waals surface area contributed by atoms with Crippen LogP contribution in [0, 0.1) is 0 Å². The van der Waals surface area contributed by atoms with E-state index in [1.807, 2.05) is 41.2 Å². The molecule has 302 valence electrons.